The number of piperazine rings is 1. The molecule has 0 bridgehead atoms. The monoisotopic (exact) mass is 538 g/mol. The van der Waals surface area contributed by atoms with Crippen LogP contribution in [-0.2, 0) is 11.2 Å². The normalized spacial score (nSPS) is 13.8. The topological polar surface area (TPSA) is 67.2 Å². The lowest BCUT2D eigenvalue weighted by Gasteiger charge is -2.36. The summed E-state index contributed by atoms with van der Waals surface area (Å²) < 4.78 is 1.94. The molecule has 5 rings (SSSR count). The molecule has 1 saturated heterocycles. The lowest BCUT2D eigenvalue weighted by molar-refractivity contribution is -0.131. The number of fused-ring (bicyclic) bond motifs is 1. The first-order valence-corrected chi connectivity index (χ1v) is 15.0. The number of para-hydroxylation sites is 1. The van der Waals surface area contributed by atoms with Crippen molar-refractivity contribution in [2.45, 2.75) is 71.6 Å². The minimum Gasteiger partial charge on any atom is -0.352 e. The Morgan fingerprint density at radius 2 is 1.45 bits per heavy atom. The Morgan fingerprint density at radius 1 is 0.800 bits per heavy atom. The van der Waals surface area contributed by atoms with E-state index in [0.717, 1.165) is 73.1 Å². The van der Waals surface area contributed by atoms with Crippen LogP contribution in [0.15, 0.2) is 60.7 Å². The number of anilines is 1. The van der Waals surface area contributed by atoms with Gasteiger partial charge in [-0.15, -0.1) is 0 Å². The molecule has 0 radical (unpaired) electrons. The average molecular weight is 539 g/mol. The van der Waals surface area contributed by atoms with Crippen molar-refractivity contribution in [3.63, 3.8) is 0 Å². The summed E-state index contributed by atoms with van der Waals surface area (Å²) in [7, 11) is 0. The second kappa shape index (κ2) is 13.6. The van der Waals surface area contributed by atoms with Gasteiger partial charge in [-0.2, -0.15) is 5.10 Å². The fourth-order valence-corrected chi connectivity index (χ4v) is 5.60. The fourth-order valence-electron chi connectivity index (χ4n) is 5.60. The van der Waals surface area contributed by atoms with E-state index in [1.807, 2.05) is 40.8 Å². The number of carbonyl (C=O) groups is 1. The number of rotatable bonds is 12. The summed E-state index contributed by atoms with van der Waals surface area (Å²) in [6, 6.07) is 20.5. The number of carbonyl (C=O) groups excluding carboxylic acids is 1. The first-order chi connectivity index (χ1) is 19.6. The summed E-state index contributed by atoms with van der Waals surface area (Å²) in [5.74, 6) is 2.00. The second-order valence-electron chi connectivity index (χ2n) is 10.9. The predicted octanol–water partition coefficient (Wildman–Crippen LogP) is 6.50. The number of aryl methyl sites for hydroxylation is 1. The minimum atomic E-state index is 0.291. The summed E-state index contributed by atoms with van der Waals surface area (Å²) in [5, 5.41) is 5.88. The van der Waals surface area contributed by atoms with E-state index in [-0.39, 0.29) is 0 Å². The minimum absolute atomic E-state index is 0.291. The standard InChI is InChI=1S/C33H42N6O/c1-3-4-5-6-7-8-15-20-30(40)37-21-23-38(24-22-37)32-31-26(2)36-39(28-18-13-10-14-19-28)33(31)35-29(34-32)25-27-16-11-9-12-17-27/h9-14,16-19H,3-8,15,20-25H2,1-2H3. The number of nitrogens with zero attached hydrogens (tertiary/aromatic N) is 6. The molecule has 2 aromatic heterocycles. The molecular formula is C33H42N6O. The van der Waals surface area contributed by atoms with E-state index in [1.54, 1.807) is 0 Å². The van der Waals surface area contributed by atoms with E-state index in [4.69, 9.17) is 15.1 Å². The van der Waals surface area contributed by atoms with Crippen LogP contribution in [0, 0.1) is 6.92 Å². The van der Waals surface area contributed by atoms with Gasteiger partial charge in [0.15, 0.2) is 5.65 Å². The largest absolute Gasteiger partial charge is 0.352 e. The van der Waals surface area contributed by atoms with Gasteiger partial charge in [0.1, 0.15) is 11.6 Å². The van der Waals surface area contributed by atoms with Crippen LogP contribution in [0.25, 0.3) is 16.7 Å². The van der Waals surface area contributed by atoms with Crippen LogP contribution in [-0.4, -0.2) is 56.7 Å². The van der Waals surface area contributed by atoms with Crippen molar-refractivity contribution in [2.24, 2.45) is 0 Å². The summed E-state index contributed by atoms with van der Waals surface area (Å²) in [6.07, 6.45) is 9.92. The highest BCUT2D eigenvalue weighted by molar-refractivity contribution is 5.91. The molecule has 1 aliphatic heterocycles. The molecule has 2 aromatic carbocycles. The van der Waals surface area contributed by atoms with Crippen LogP contribution in [0.1, 0.15) is 75.4 Å². The van der Waals surface area contributed by atoms with Gasteiger partial charge in [-0.1, -0.05) is 94.0 Å². The zero-order valence-corrected chi connectivity index (χ0v) is 24.1. The molecule has 0 saturated carbocycles. The molecule has 7 heteroatoms. The highest BCUT2D eigenvalue weighted by Gasteiger charge is 2.26. The first-order valence-electron chi connectivity index (χ1n) is 15.0. The molecular weight excluding hydrogens is 496 g/mol. The van der Waals surface area contributed by atoms with Gasteiger partial charge < -0.3 is 9.80 Å². The molecule has 1 amide bonds. The van der Waals surface area contributed by atoms with Crippen molar-refractivity contribution < 1.29 is 4.79 Å². The van der Waals surface area contributed by atoms with Crippen molar-refractivity contribution >= 4 is 22.8 Å². The van der Waals surface area contributed by atoms with Crippen molar-refractivity contribution in [2.75, 3.05) is 31.1 Å². The molecule has 210 valence electrons. The molecule has 0 N–H and O–H groups in total. The number of unbranched alkanes of at least 4 members (excludes halogenated alkanes) is 6. The maximum atomic E-state index is 12.9. The third kappa shape index (κ3) is 6.69. The van der Waals surface area contributed by atoms with Gasteiger partial charge in [0.2, 0.25) is 5.91 Å². The third-order valence-corrected chi connectivity index (χ3v) is 7.86. The maximum Gasteiger partial charge on any atom is 0.222 e. The Hall–Kier alpha value is -3.74. The number of hydrogen-bond acceptors (Lipinski definition) is 5. The molecule has 7 nitrogen and oxygen atoms in total. The van der Waals surface area contributed by atoms with Crippen LogP contribution in [0.3, 0.4) is 0 Å². The van der Waals surface area contributed by atoms with Gasteiger partial charge in [-0.3, -0.25) is 4.79 Å². The van der Waals surface area contributed by atoms with E-state index in [2.05, 4.69) is 48.2 Å². The predicted molar refractivity (Wildman–Crippen MR) is 162 cm³/mol. The molecule has 40 heavy (non-hydrogen) atoms. The van der Waals surface area contributed by atoms with Crippen molar-refractivity contribution in [3.05, 3.63) is 77.7 Å². The Bertz CT molecular complexity index is 1380. The number of benzene rings is 2. The second-order valence-corrected chi connectivity index (χ2v) is 10.9. The third-order valence-electron chi connectivity index (χ3n) is 7.86. The van der Waals surface area contributed by atoms with Gasteiger partial charge in [0.25, 0.3) is 0 Å². The zero-order chi connectivity index (χ0) is 27.7. The lowest BCUT2D eigenvalue weighted by Crippen LogP contribution is -2.49. The Labute approximate surface area is 238 Å². The maximum absolute atomic E-state index is 12.9. The number of aromatic nitrogens is 4. The van der Waals surface area contributed by atoms with E-state index in [0.29, 0.717) is 18.7 Å². The highest BCUT2D eigenvalue weighted by Crippen LogP contribution is 2.30. The Morgan fingerprint density at radius 3 is 2.15 bits per heavy atom. The summed E-state index contributed by atoms with van der Waals surface area (Å²) >= 11 is 0. The van der Waals surface area contributed by atoms with E-state index in [9.17, 15) is 4.79 Å². The quantitative estimate of drug-likeness (QED) is 0.193. The average Bonchev–Trinajstić information content (AvgIpc) is 3.33. The van der Waals surface area contributed by atoms with Crippen molar-refractivity contribution in [1.29, 1.82) is 0 Å². The SMILES string of the molecule is CCCCCCCCCC(=O)N1CCN(c2nc(Cc3ccccc3)nc3c2c(C)nn3-c2ccccc2)CC1. The molecule has 1 fully saturated rings. The van der Waals surface area contributed by atoms with Gasteiger partial charge in [0, 0.05) is 39.0 Å². The summed E-state index contributed by atoms with van der Waals surface area (Å²) in [6.45, 7) is 7.24. The van der Waals surface area contributed by atoms with E-state index >= 15 is 0 Å². The molecule has 0 aliphatic carbocycles. The lowest BCUT2D eigenvalue weighted by atomic mass is 10.1. The van der Waals surface area contributed by atoms with Crippen molar-refractivity contribution in [1.82, 2.24) is 24.6 Å². The molecule has 1 aliphatic rings. The van der Waals surface area contributed by atoms with Crippen molar-refractivity contribution in [3.8, 4) is 5.69 Å². The van der Waals surface area contributed by atoms with E-state index < -0.39 is 0 Å². The van der Waals surface area contributed by atoms with Crippen LogP contribution < -0.4 is 4.90 Å². The molecule has 0 atom stereocenters. The fraction of sp³-hybridized carbons (Fsp3) is 0.455. The summed E-state index contributed by atoms with van der Waals surface area (Å²) in [4.78, 5) is 27.4. The highest BCUT2D eigenvalue weighted by atomic mass is 16.2. The van der Waals surface area contributed by atoms with Gasteiger partial charge >= 0.3 is 0 Å². The van der Waals surface area contributed by atoms with Gasteiger partial charge in [0.05, 0.1) is 16.8 Å². The molecule has 3 heterocycles. The zero-order valence-electron chi connectivity index (χ0n) is 24.1. The Kier molecular flexibility index (Phi) is 9.42. The number of amides is 1. The number of hydrogen-bond donors (Lipinski definition) is 0. The first kappa shape index (κ1) is 27.8. The molecule has 0 spiro atoms. The van der Waals surface area contributed by atoms with Crippen LogP contribution >= 0.6 is 0 Å². The van der Waals surface area contributed by atoms with E-state index in [1.165, 1.54) is 37.7 Å². The van der Waals surface area contributed by atoms with Crippen LogP contribution in [0.2, 0.25) is 0 Å². The Balaban J connectivity index is 1.32. The van der Waals surface area contributed by atoms with Crippen LogP contribution in [0.4, 0.5) is 5.82 Å². The summed E-state index contributed by atoms with van der Waals surface area (Å²) in [5.41, 5.74) is 3.90. The molecule has 4 aromatic rings. The smallest absolute Gasteiger partial charge is 0.222 e. The van der Waals surface area contributed by atoms with Crippen LogP contribution in [0.5, 0.6) is 0 Å². The van der Waals surface area contributed by atoms with Gasteiger partial charge in [-0.05, 0) is 31.0 Å². The van der Waals surface area contributed by atoms with Gasteiger partial charge in [-0.25, -0.2) is 14.6 Å². The molecule has 0 unspecified atom stereocenters.